The van der Waals surface area contributed by atoms with E-state index < -0.39 is 0 Å². The van der Waals surface area contributed by atoms with Crippen molar-refractivity contribution >= 4 is 0 Å². The first kappa shape index (κ1) is 14.3. The van der Waals surface area contributed by atoms with E-state index in [9.17, 15) is 0 Å². The van der Waals surface area contributed by atoms with Gasteiger partial charge in [-0.05, 0) is 32.6 Å². The average Bonchev–Trinajstić information content (AvgIpc) is 3.02. The Bertz CT molecular complexity index is 190. The van der Waals surface area contributed by atoms with E-state index in [-0.39, 0.29) is 6.29 Å². The van der Waals surface area contributed by atoms with Crippen LogP contribution < -0.4 is 0 Å². The Morgan fingerprint density at radius 3 is 1.83 bits per heavy atom. The van der Waals surface area contributed by atoms with Gasteiger partial charge in [-0.2, -0.15) is 0 Å². The Hall–Kier alpha value is -0.120. The molecular weight excluding hydrogens is 228 g/mol. The predicted molar refractivity (Wildman–Crippen MR) is 71.6 cm³/mol. The van der Waals surface area contributed by atoms with Gasteiger partial charge in [-0.15, -0.1) is 0 Å². The summed E-state index contributed by atoms with van der Waals surface area (Å²) in [4.78, 5) is 0. The molecule has 0 N–H and O–H groups in total. The van der Waals surface area contributed by atoms with Gasteiger partial charge in [0.15, 0.2) is 6.29 Å². The highest BCUT2D eigenvalue weighted by Crippen LogP contribution is 2.27. The van der Waals surface area contributed by atoms with E-state index in [0.717, 1.165) is 19.6 Å². The number of hydrogen-bond donors (Lipinski definition) is 0. The van der Waals surface area contributed by atoms with Gasteiger partial charge < -0.3 is 14.2 Å². The summed E-state index contributed by atoms with van der Waals surface area (Å²) in [6.07, 6.45) is 11.8. The maximum atomic E-state index is 6.12. The Morgan fingerprint density at radius 1 is 0.889 bits per heavy atom. The summed E-state index contributed by atoms with van der Waals surface area (Å²) >= 11 is 0. The quantitative estimate of drug-likeness (QED) is 0.490. The molecule has 0 aromatic rings. The van der Waals surface area contributed by atoms with Crippen LogP contribution in [0, 0.1) is 0 Å². The number of rotatable bonds is 8. The lowest BCUT2D eigenvalue weighted by molar-refractivity contribution is -0.198. The van der Waals surface area contributed by atoms with Gasteiger partial charge in [0.25, 0.3) is 0 Å². The lowest BCUT2D eigenvalue weighted by atomic mass is 10.3. The van der Waals surface area contributed by atoms with Crippen molar-refractivity contribution in [3.63, 3.8) is 0 Å². The minimum atomic E-state index is -0.0391. The van der Waals surface area contributed by atoms with Gasteiger partial charge in [0.2, 0.25) is 0 Å². The minimum Gasteiger partial charge on any atom is -0.382 e. The van der Waals surface area contributed by atoms with Gasteiger partial charge in [0.1, 0.15) is 0 Å². The molecule has 106 valence electrons. The predicted octanol–water partition coefficient (Wildman–Crippen LogP) is 3.66. The summed E-state index contributed by atoms with van der Waals surface area (Å²) in [6, 6.07) is 0. The zero-order chi connectivity index (χ0) is 12.6. The van der Waals surface area contributed by atoms with Gasteiger partial charge in [-0.1, -0.05) is 25.7 Å². The number of ether oxygens (including phenoxy) is 3. The molecule has 2 fully saturated rings. The highest BCUT2D eigenvalue weighted by Gasteiger charge is 2.25. The molecule has 2 aliphatic carbocycles. The molecule has 0 heterocycles. The zero-order valence-electron chi connectivity index (χ0n) is 11.7. The average molecular weight is 256 g/mol. The van der Waals surface area contributed by atoms with Crippen LogP contribution in [-0.4, -0.2) is 31.7 Å². The molecule has 2 aliphatic rings. The zero-order valence-corrected chi connectivity index (χ0v) is 11.7. The molecule has 0 aromatic heterocycles. The summed E-state index contributed by atoms with van der Waals surface area (Å²) in [5, 5.41) is 0. The monoisotopic (exact) mass is 256 g/mol. The Kier molecular flexibility index (Phi) is 6.46. The van der Waals surface area contributed by atoms with Crippen molar-refractivity contribution in [3.05, 3.63) is 0 Å². The van der Waals surface area contributed by atoms with Gasteiger partial charge in [-0.25, -0.2) is 0 Å². The fourth-order valence-electron chi connectivity index (χ4n) is 2.97. The molecule has 0 radical (unpaired) electrons. The van der Waals surface area contributed by atoms with E-state index in [4.69, 9.17) is 14.2 Å². The summed E-state index contributed by atoms with van der Waals surface area (Å²) in [7, 11) is 0. The molecule has 3 heteroatoms. The van der Waals surface area contributed by atoms with E-state index >= 15 is 0 Å². The van der Waals surface area contributed by atoms with Crippen LogP contribution in [0.5, 0.6) is 0 Å². The highest BCUT2D eigenvalue weighted by molar-refractivity contribution is 4.70. The van der Waals surface area contributed by atoms with Crippen LogP contribution in [0.4, 0.5) is 0 Å². The van der Waals surface area contributed by atoms with Crippen molar-refractivity contribution in [1.29, 1.82) is 0 Å². The smallest absolute Gasteiger partial charge is 0.160 e. The van der Waals surface area contributed by atoms with Crippen LogP contribution >= 0.6 is 0 Å². The molecule has 0 aromatic carbocycles. The first-order valence-corrected chi connectivity index (χ1v) is 7.77. The second-order valence-electron chi connectivity index (χ2n) is 5.50. The maximum absolute atomic E-state index is 6.12. The van der Waals surface area contributed by atoms with E-state index in [1.165, 1.54) is 51.4 Å². The van der Waals surface area contributed by atoms with Crippen molar-refractivity contribution in [3.8, 4) is 0 Å². The molecule has 2 saturated carbocycles. The normalized spacial score (nSPS) is 22.3. The molecule has 0 atom stereocenters. The molecule has 0 aliphatic heterocycles. The van der Waals surface area contributed by atoms with Crippen LogP contribution in [0.3, 0.4) is 0 Å². The number of hydrogen-bond acceptors (Lipinski definition) is 3. The van der Waals surface area contributed by atoms with Crippen LogP contribution in [0.15, 0.2) is 0 Å². The van der Waals surface area contributed by atoms with Crippen LogP contribution in [0.1, 0.15) is 64.7 Å². The van der Waals surface area contributed by atoms with Crippen LogP contribution in [0.25, 0.3) is 0 Å². The Balaban J connectivity index is 1.72. The summed E-state index contributed by atoms with van der Waals surface area (Å²) in [5.74, 6) is 0. The molecular formula is C15H28O3. The largest absolute Gasteiger partial charge is 0.382 e. The van der Waals surface area contributed by atoms with E-state index in [2.05, 4.69) is 0 Å². The first-order valence-electron chi connectivity index (χ1n) is 7.77. The van der Waals surface area contributed by atoms with Crippen molar-refractivity contribution < 1.29 is 14.2 Å². The molecule has 3 nitrogen and oxygen atoms in total. The van der Waals surface area contributed by atoms with Gasteiger partial charge >= 0.3 is 0 Å². The Morgan fingerprint density at radius 2 is 1.39 bits per heavy atom. The summed E-state index contributed by atoms with van der Waals surface area (Å²) in [5.41, 5.74) is 0. The fraction of sp³-hybridized carbons (Fsp3) is 1.00. The summed E-state index contributed by atoms with van der Waals surface area (Å²) < 4.78 is 17.7. The van der Waals surface area contributed by atoms with Crippen molar-refractivity contribution in [2.75, 3.05) is 13.2 Å². The second kappa shape index (κ2) is 8.13. The van der Waals surface area contributed by atoms with E-state index in [1.54, 1.807) is 0 Å². The van der Waals surface area contributed by atoms with Gasteiger partial charge in [0.05, 0.1) is 18.8 Å². The molecule has 2 rings (SSSR count). The van der Waals surface area contributed by atoms with Crippen LogP contribution in [-0.2, 0) is 14.2 Å². The topological polar surface area (TPSA) is 27.7 Å². The highest BCUT2D eigenvalue weighted by atomic mass is 16.7. The first-order chi connectivity index (χ1) is 8.88. The van der Waals surface area contributed by atoms with Crippen molar-refractivity contribution in [2.45, 2.75) is 83.2 Å². The SMILES string of the molecule is CCOCCC(OC1CCCC1)OC1CCCC1. The lowest BCUT2D eigenvalue weighted by Gasteiger charge is -2.25. The standard InChI is InChI=1S/C15H28O3/c1-2-16-12-11-15(17-13-7-3-4-8-13)18-14-9-5-6-10-14/h13-15H,2-12H2,1H3. The third kappa shape index (κ3) is 4.87. The fourth-order valence-corrected chi connectivity index (χ4v) is 2.97. The third-order valence-electron chi connectivity index (χ3n) is 3.99. The summed E-state index contributed by atoms with van der Waals surface area (Å²) in [6.45, 7) is 3.56. The van der Waals surface area contributed by atoms with E-state index in [0.29, 0.717) is 12.2 Å². The van der Waals surface area contributed by atoms with Crippen molar-refractivity contribution in [1.82, 2.24) is 0 Å². The second-order valence-corrected chi connectivity index (χ2v) is 5.50. The Labute approximate surface area is 111 Å². The van der Waals surface area contributed by atoms with Crippen LogP contribution in [0.2, 0.25) is 0 Å². The van der Waals surface area contributed by atoms with Crippen molar-refractivity contribution in [2.24, 2.45) is 0 Å². The molecule has 0 bridgehead atoms. The lowest BCUT2D eigenvalue weighted by Crippen LogP contribution is -2.28. The molecule has 0 spiro atoms. The minimum absolute atomic E-state index is 0.0391. The van der Waals surface area contributed by atoms with E-state index in [1.807, 2.05) is 6.92 Å². The molecule has 18 heavy (non-hydrogen) atoms. The molecule has 0 saturated heterocycles. The molecule has 0 unspecified atom stereocenters. The van der Waals surface area contributed by atoms with Gasteiger partial charge in [-0.3, -0.25) is 0 Å². The third-order valence-corrected chi connectivity index (χ3v) is 3.99. The van der Waals surface area contributed by atoms with Gasteiger partial charge in [0, 0.05) is 13.0 Å². The maximum Gasteiger partial charge on any atom is 0.160 e. The molecule has 0 amide bonds.